The maximum atomic E-state index is 8.68. The molecule has 1 heterocycles. The van der Waals surface area contributed by atoms with Crippen molar-refractivity contribution in [2.45, 2.75) is 5.50 Å². The van der Waals surface area contributed by atoms with E-state index in [1.165, 1.54) is 0 Å². The van der Waals surface area contributed by atoms with Gasteiger partial charge in [-0.25, -0.2) is 5.43 Å². The Morgan fingerprint density at radius 3 is 2.62 bits per heavy atom. The molecule has 0 aromatic carbocycles. The van der Waals surface area contributed by atoms with Crippen LogP contribution in [0.1, 0.15) is 0 Å². The highest BCUT2D eigenvalue weighted by Crippen LogP contribution is 1.98. The molecular formula is C3H8N3OS-. The molecule has 5 heteroatoms. The summed E-state index contributed by atoms with van der Waals surface area (Å²) in [5.41, 5.74) is 2.43. The van der Waals surface area contributed by atoms with Crippen LogP contribution in [0.4, 0.5) is 0 Å². The Morgan fingerprint density at radius 1 is 1.88 bits per heavy atom. The number of nitrogens with zero attached hydrogens (tertiary/aromatic N) is 2. The molecule has 1 fully saturated rings. The highest BCUT2D eigenvalue weighted by Gasteiger charge is 2.14. The molecule has 4 nitrogen and oxygen atoms in total. The summed E-state index contributed by atoms with van der Waals surface area (Å²) in [4.78, 5) is 1.80. The molecule has 0 saturated carbocycles. The summed E-state index contributed by atoms with van der Waals surface area (Å²) in [5.74, 6) is 0. The molecule has 0 aromatic rings. The van der Waals surface area contributed by atoms with Crippen LogP contribution >= 0.6 is 0 Å². The average Bonchev–Trinajstić information content (AvgIpc) is 1.85. The first-order valence-electron chi connectivity index (χ1n) is 2.29. The quantitative estimate of drug-likeness (QED) is 0.412. The third kappa shape index (κ3) is 1.12. The van der Waals surface area contributed by atoms with Gasteiger partial charge in [-0.05, 0) is 12.5 Å². The van der Waals surface area contributed by atoms with Crippen molar-refractivity contribution in [3.8, 4) is 0 Å². The summed E-state index contributed by atoms with van der Waals surface area (Å²) in [6.45, 7) is 0.466. The van der Waals surface area contributed by atoms with Gasteiger partial charge in [-0.2, -0.15) is 0 Å². The largest absolute Gasteiger partial charge is 0.757 e. The fourth-order valence-electron chi connectivity index (χ4n) is 0.552. The van der Waals surface area contributed by atoms with E-state index in [4.69, 9.17) is 17.8 Å². The molecule has 0 radical (unpaired) electrons. The Hall–Kier alpha value is 0.190. The minimum Gasteiger partial charge on any atom is -0.757 e. The lowest BCUT2D eigenvalue weighted by Crippen LogP contribution is -2.33. The van der Waals surface area contributed by atoms with Gasteiger partial charge in [0, 0.05) is 0 Å². The van der Waals surface area contributed by atoms with Crippen molar-refractivity contribution >= 4 is 12.6 Å². The molecule has 1 aliphatic rings. The van der Waals surface area contributed by atoms with E-state index in [2.05, 4.69) is 5.43 Å². The van der Waals surface area contributed by atoms with Crippen molar-refractivity contribution in [1.29, 1.82) is 0 Å². The molecular weight excluding hydrogens is 126 g/mol. The predicted octanol–water partition coefficient (Wildman–Crippen LogP) is -1.08. The first-order chi connectivity index (χ1) is 3.70. The van der Waals surface area contributed by atoms with Crippen LogP contribution in [0, 0.1) is 0 Å². The second kappa shape index (κ2) is 2.20. The van der Waals surface area contributed by atoms with Crippen LogP contribution in [-0.2, 0) is 12.6 Å². The summed E-state index contributed by atoms with van der Waals surface area (Å²) in [5, 5.41) is 9.65. The van der Waals surface area contributed by atoms with Crippen molar-refractivity contribution in [3.63, 3.8) is 0 Å². The lowest BCUT2D eigenvalue weighted by atomic mass is 10.9. The van der Waals surface area contributed by atoms with E-state index in [-0.39, 0.29) is 5.50 Å². The zero-order valence-corrected chi connectivity index (χ0v) is 5.35. The van der Waals surface area contributed by atoms with Crippen molar-refractivity contribution in [2.24, 2.45) is 0 Å². The number of nitrogens with one attached hydrogen (secondary N) is 1. The van der Waals surface area contributed by atoms with Crippen molar-refractivity contribution in [1.82, 2.24) is 15.5 Å². The zero-order valence-electron chi connectivity index (χ0n) is 4.53. The Balaban J connectivity index is 2.39. The molecule has 2 N–H and O–H groups in total. The molecule has 1 unspecified atom stereocenters. The predicted molar refractivity (Wildman–Crippen MR) is 30.5 cm³/mol. The van der Waals surface area contributed by atoms with E-state index < -0.39 is 0 Å². The first-order valence-corrected chi connectivity index (χ1v) is 2.76. The van der Waals surface area contributed by atoms with Crippen LogP contribution < -0.4 is 5.43 Å². The molecule has 0 amide bonds. The van der Waals surface area contributed by atoms with Crippen LogP contribution in [0.15, 0.2) is 0 Å². The van der Waals surface area contributed by atoms with Gasteiger partial charge >= 0.3 is 0 Å². The minimum atomic E-state index is -0.167. The third-order valence-corrected chi connectivity index (χ3v) is 1.48. The highest BCUT2D eigenvalue weighted by atomic mass is 32.1. The van der Waals surface area contributed by atoms with E-state index in [9.17, 15) is 0 Å². The van der Waals surface area contributed by atoms with Gasteiger partial charge in [0.05, 0.1) is 6.67 Å². The standard InChI is InChI=1S/C3H9N3OS/c1-5-2-6(7)4-3(5)8/h3-4,7-8H,2H2,1H3/p-1. The van der Waals surface area contributed by atoms with Crippen molar-refractivity contribution in [2.75, 3.05) is 13.7 Å². The van der Waals surface area contributed by atoms with Crippen LogP contribution in [-0.4, -0.2) is 34.5 Å². The summed E-state index contributed by atoms with van der Waals surface area (Å²) in [6.07, 6.45) is 0. The normalized spacial score (nSPS) is 34.1. The molecule has 1 atom stereocenters. The van der Waals surface area contributed by atoms with Gasteiger partial charge in [0.15, 0.2) is 0 Å². The maximum absolute atomic E-state index is 8.68. The van der Waals surface area contributed by atoms with Crippen LogP contribution in [0.25, 0.3) is 0 Å². The van der Waals surface area contributed by atoms with E-state index in [0.29, 0.717) is 6.67 Å². The molecule has 0 bridgehead atoms. The molecule has 48 valence electrons. The van der Waals surface area contributed by atoms with Crippen LogP contribution in [0.5, 0.6) is 0 Å². The third-order valence-electron chi connectivity index (χ3n) is 1.02. The second-order valence-electron chi connectivity index (χ2n) is 1.78. The van der Waals surface area contributed by atoms with E-state index >= 15 is 0 Å². The van der Waals surface area contributed by atoms with Gasteiger partial charge in [0.25, 0.3) is 0 Å². The van der Waals surface area contributed by atoms with Gasteiger partial charge < -0.3 is 12.6 Å². The van der Waals surface area contributed by atoms with Gasteiger partial charge in [0.2, 0.25) is 0 Å². The molecule has 0 aliphatic carbocycles. The Morgan fingerprint density at radius 2 is 2.50 bits per heavy atom. The average molecular weight is 134 g/mol. The topological polar surface area (TPSA) is 38.7 Å². The molecule has 1 saturated heterocycles. The molecule has 8 heavy (non-hydrogen) atoms. The number of hydrogen-bond acceptors (Lipinski definition) is 5. The number of hydrazine groups is 1. The lowest BCUT2D eigenvalue weighted by Gasteiger charge is -2.22. The number of hydrogen-bond donors (Lipinski definition) is 2. The van der Waals surface area contributed by atoms with Crippen molar-refractivity contribution in [3.05, 3.63) is 0 Å². The fraction of sp³-hybridized carbons (Fsp3) is 1.00. The zero-order chi connectivity index (χ0) is 6.15. The first kappa shape index (κ1) is 6.31. The summed E-state index contributed by atoms with van der Waals surface area (Å²) < 4.78 is 0. The number of rotatable bonds is 0. The monoisotopic (exact) mass is 134 g/mol. The highest BCUT2D eigenvalue weighted by molar-refractivity contribution is 7.59. The lowest BCUT2D eigenvalue weighted by molar-refractivity contribution is -0.118. The van der Waals surface area contributed by atoms with Gasteiger partial charge in [-0.15, -0.1) is 5.17 Å². The number of hydroxylamine groups is 1. The minimum absolute atomic E-state index is 0.167. The summed E-state index contributed by atoms with van der Waals surface area (Å²) >= 11 is 4.82. The maximum Gasteiger partial charge on any atom is 0.0910 e. The van der Waals surface area contributed by atoms with Crippen LogP contribution in [0.3, 0.4) is 0 Å². The molecule has 0 spiro atoms. The van der Waals surface area contributed by atoms with Crippen molar-refractivity contribution < 1.29 is 5.21 Å². The van der Waals surface area contributed by atoms with E-state index in [1.54, 1.807) is 4.90 Å². The summed E-state index contributed by atoms with van der Waals surface area (Å²) in [7, 11) is 1.83. The molecule has 1 aliphatic heterocycles. The van der Waals surface area contributed by atoms with Gasteiger partial charge in [-0.1, -0.05) is 0 Å². The van der Waals surface area contributed by atoms with Gasteiger partial charge in [0.1, 0.15) is 0 Å². The smallest absolute Gasteiger partial charge is 0.0910 e. The van der Waals surface area contributed by atoms with Crippen LogP contribution in [0.2, 0.25) is 0 Å². The molecule has 1 rings (SSSR count). The van der Waals surface area contributed by atoms with E-state index in [0.717, 1.165) is 5.17 Å². The van der Waals surface area contributed by atoms with E-state index in [1.807, 2.05) is 7.05 Å². The Bertz CT molecular complexity index is 80.6. The Kier molecular flexibility index (Phi) is 1.74. The van der Waals surface area contributed by atoms with Gasteiger partial charge in [-0.3, -0.25) is 10.1 Å². The second-order valence-corrected chi connectivity index (χ2v) is 2.23. The fourth-order valence-corrected chi connectivity index (χ4v) is 0.741. The molecule has 0 aromatic heterocycles. The SMILES string of the molecule is CN1CN(O)NC1[S-]. The Labute approximate surface area is 53.4 Å². The summed E-state index contributed by atoms with van der Waals surface area (Å²) in [6, 6.07) is 0.